The van der Waals surface area contributed by atoms with Crippen LogP contribution in [0.1, 0.15) is 29.8 Å². The summed E-state index contributed by atoms with van der Waals surface area (Å²) >= 11 is 0. The molecule has 5 N–H and O–H groups in total. The molecule has 28 heavy (non-hydrogen) atoms. The fourth-order valence-corrected chi connectivity index (χ4v) is 6.56. The zero-order chi connectivity index (χ0) is 20.9. The smallest absolute Gasteiger partial charge is 0.346 e. The van der Waals surface area contributed by atoms with Crippen LogP contribution in [0, 0.1) is 0 Å². The Morgan fingerprint density at radius 2 is 1.89 bits per heavy atom. The van der Waals surface area contributed by atoms with E-state index in [9.17, 15) is 26.4 Å². The lowest BCUT2D eigenvalue weighted by Crippen LogP contribution is -2.59. The normalized spacial score (nSPS) is 23.6. The van der Waals surface area contributed by atoms with Gasteiger partial charge >= 0.3 is 5.69 Å². The molecule has 0 aromatic carbocycles. The van der Waals surface area contributed by atoms with Gasteiger partial charge in [0, 0.05) is 13.1 Å². The van der Waals surface area contributed by atoms with E-state index in [0.717, 1.165) is 15.4 Å². The third-order valence-electron chi connectivity index (χ3n) is 4.60. The molecule has 1 aliphatic carbocycles. The molecule has 1 saturated carbocycles. The Kier molecular flexibility index (Phi) is 4.98. The maximum absolute atomic E-state index is 12.6. The lowest BCUT2D eigenvalue weighted by molar-refractivity contribution is 0.0926. The first-order valence-corrected chi connectivity index (χ1v) is 11.2. The van der Waals surface area contributed by atoms with Gasteiger partial charge in [-0.25, -0.2) is 41.3 Å². The van der Waals surface area contributed by atoms with Gasteiger partial charge in [-0.1, -0.05) is 5.21 Å². The zero-order valence-electron chi connectivity index (χ0n) is 14.6. The topological polar surface area (TPSA) is 214 Å². The molecular weight excluding hydrogens is 416 g/mol. The van der Waals surface area contributed by atoms with Gasteiger partial charge in [0.2, 0.25) is 20.0 Å². The van der Waals surface area contributed by atoms with Crippen LogP contribution < -0.4 is 21.3 Å². The molecule has 2 aromatic heterocycles. The van der Waals surface area contributed by atoms with Crippen molar-refractivity contribution in [2.24, 2.45) is 17.3 Å². The number of primary sulfonamides is 2. The minimum Gasteiger partial charge on any atom is -0.346 e. The maximum atomic E-state index is 12.6. The van der Waals surface area contributed by atoms with Gasteiger partial charge in [-0.3, -0.25) is 4.79 Å². The van der Waals surface area contributed by atoms with E-state index >= 15 is 0 Å². The van der Waals surface area contributed by atoms with E-state index in [-0.39, 0.29) is 24.2 Å². The van der Waals surface area contributed by atoms with Gasteiger partial charge in [0.05, 0.1) is 5.25 Å². The average Bonchev–Trinajstić information content (AvgIpc) is 3.01. The van der Waals surface area contributed by atoms with Crippen LogP contribution in [-0.2, 0) is 27.1 Å². The standard InChI is InChI=1S/C12H18N8O6S2/c1-19-12(22)20-5-15-8(10(20)17-18-19)11(21)16-6-3-2-4-7(27(13,23)24)9(6)28(14,25)26/h5-7,9H,2-4H2,1H3,(H,16,21)(H2,13,23,24)(H2,14,25,26). The molecule has 1 amide bonds. The average molecular weight is 434 g/mol. The number of aromatic nitrogens is 5. The number of nitrogens with two attached hydrogens (primary N) is 2. The van der Waals surface area contributed by atoms with Gasteiger partial charge in [0.25, 0.3) is 5.91 Å². The molecule has 1 fully saturated rings. The Morgan fingerprint density at radius 1 is 1.21 bits per heavy atom. The Morgan fingerprint density at radius 3 is 2.50 bits per heavy atom. The first-order chi connectivity index (χ1) is 12.9. The molecule has 0 spiro atoms. The quantitative estimate of drug-likeness (QED) is 0.433. The fourth-order valence-electron chi connectivity index (χ4n) is 3.35. The second kappa shape index (κ2) is 6.87. The summed E-state index contributed by atoms with van der Waals surface area (Å²) in [5.74, 6) is -0.848. The van der Waals surface area contributed by atoms with E-state index in [2.05, 4.69) is 20.6 Å². The first kappa shape index (κ1) is 20.3. The van der Waals surface area contributed by atoms with Gasteiger partial charge < -0.3 is 5.32 Å². The Hall–Kier alpha value is -2.43. The molecule has 154 valence electrons. The van der Waals surface area contributed by atoms with Gasteiger partial charge in [0.1, 0.15) is 11.6 Å². The van der Waals surface area contributed by atoms with E-state index in [1.807, 2.05) is 0 Å². The number of aryl methyl sites for hydroxylation is 1. The fraction of sp³-hybridized carbons (Fsp3) is 0.583. The number of hydrogen-bond donors (Lipinski definition) is 3. The predicted octanol–water partition coefficient (Wildman–Crippen LogP) is -3.58. The predicted molar refractivity (Wildman–Crippen MR) is 94.9 cm³/mol. The number of nitrogens with one attached hydrogen (secondary N) is 1. The van der Waals surface area contributed by atoms with Crippen molar-refractivity contribution in [2.45, 2.75) is 35.8 Å². The van der Waals surface area contributed by atoms with Crippen LogP contribution in [0.3, 0.4) is 0 Å². The number of imidazole rings is 1. The van der Waals surface area contributed by atoms with E-state index in [1.165, 1.54) is 7.05 Å². The number of sulfonamides is 2. The van der Waals surface area contributed by atoms with Crippen LogP contribution in [0.5, 0.6) is 0 Å². The number of hydrogen-bond acceptors (Lipinski definition) is 9. The minimum atomic E-state index is -4.36. The molecular formula is C12H18N8O6S2. The van der Waals surface area contributed by atoms with Crippen molar-refractivity contribution in [3.8, 4) is 0 Å². The highest BCUT2D eigenvalue weighted by molar-refractivity contribution is 7.93. The highest BCUT2D eigenvalue weighted by Gasteiger charge is 2.46. The molecule has 16 heteroatoms. The summed E-state index contributed by atoms with van der Waals surface area (Å²) in [7, 11) is -7.22. The monoisotopic (exact) mass is 434 g/mol. The molecule has 2 aromatic rings. The van der Waals surface area contributed by atoms with Gasteiger partial charge in [-0.05, 0) is 19.3 Å². The lowest BCUT2D eigenvalue weighted by Gasteiger charge is -2.35. The summed E-state index contributed by atoms with van der Waals surface area (Å²) in [5, 5.41) is 17.0. The van der Waals surface area contributed by atoms with Crippen LogP contribution >= 0.6 is 0 Å². The van der Waals surface area contributed by atoms with Crippen LogP contribution in [-0.4, -0.2) is 63.7 Å². The van der Waals surface area contributed by atoms with Crippen molar-refractivity contribution in [2.75, 3.05) is 0 Å². The molecule has 0 aliphatic heterocycles. The van der Waals surface area contributed by atoms with Crippen LogP contribution in [0.15, 0.2) is 11.1 Å². The largest absolute Gasteiger partial charge is 0.352 e. The number of fused-ring (bicyclic) bond motifs is 1. The van der Waals surface area contributed by atoms with Gasteiger partial charge in [-0.15, -0.1) is 5.10 Å². The van der Waals surface area contributed by atoms with Crippen LogP contribution in [0.4, 0.5) is 0 Å². The Balaban J connectivity index is 1.97. The summed E-state index contributed by atoms with van der Waals surface area (Å²) in [6.45, 7) is 0. The summed E-state index contributed by atoms with van der Waals surface area (Å²) in [6, 6.07) is -1.11. The summed E-state index contributed by atoms with van der Waals surface area (Å²) in [4.78, 5) is 28.4. The van der Waals surface area contributed by atoms with Crippen molar-refractivity contribution in [3.63, 3.8) is 0 Å². The molecule has 14 nitrogen and oxygen atoms in total. The summed E-state index contributed by atoms with van der Waals surface area (Å²) in [6.07, 6.45) is 1.55. The lowest BCUT2D eigenvalue weighted by atomic mass is 9.94. The summed E-state index contributed by atoms with van der Waals surface area (Å²) < 4.78 is 49.6. The van der Waals surface area contributed by atoms with E-state index in [4.69, 9.17) is 10.3 Å². The number of amides is 1. The Labute approximate surface area is 159 Å². The third kappa shape index (κ3) is 3.62. The SMILES string of the molecule is Cn1nnc2c(C(=O)NC3CCCC(S(N)(=O)=O)C3S(N)(=O)=O)ncn2c1=O. The molecule has 0 bridgehead atoms. The molecule has 3 rings (SSSR count). The molecule has 3 unspecified atom stereocenters. The molecule has 0 saturated heterocycles. The molecule has 2 heterocycles. The minimum absolute atomic E-state index is 0.00122. The van der Waals surface area contributed by atoms with Crippen LogP contribution in [0.25, 0.3) is 5.65 Å². The summed E-state index contributed by atoms with van der Waals surface area (Å²) in [5.41, 5.74) is -0.992. The molecule has 3 atom stereocenters. The van der Waals surface area contributed by atoms with Crippen molar-refractivity contribution < 1.29 is 21.6 Å². The maximum Gasteiger partial charge on any atom is 0.352 e. The van der Waals surface area contributed by atoms with E-state index in [0.29, 0.717) is 6.42 Å². The van der Waals surface area contributed by atoms with Gasteiger partial charge in [0.15, 0.2) is 11.3 Å². The Bertz CT molecular complexity index is 1200. The molecule has 0 radical (unpaired) electrons. The van der Waals surface area contributed by atoms with Crippen molar-refractivity contribution in [1.82, 2.24) is 29.7 Å². The second-order valence-electron chi connectivity index (χ2n) is 6.47. The van der Waals surface area contributed by atoms with Crippen LogP contribution in [0.2, 0.25) is 0 Å². The highest BCUT2D eigenvalue weighted by Crippen LogP contribution is 2.28. The van der Waals surface area contributed by atoms with E-state index < -0.39 is 48.2 Å². The number of nitrogens with zero attached hydrogens (tertiary/aromatic N) is 5. The number of carbonyl (C=O) groups is 1. The van der Waals surface area contributed by atoms with Crippen molar-refractivity contribution >= 4 is 31.6 Å². The highest BCUT2D eigenvalue weighted by atomic mass is 32.2. The zero-order valence-corrected chi connectivity index (χ0v) is 16.2. The van der Waals surface area contributed by atoms with Gasteiger partial charge in [-0.2, -0.15) is 4.68 Å². The van der Waals surface area contributed by atoms with Crippen molar-refractivity contribution in [3.05, 3.63) is 22.5 Å². The third-order valence-corrected chi connectivity index (χ3v) is 7.56. The molecule has 1 aliphatic rings. The number of carbonyl (C=O) groups excluding carboxylic acids is 1. The van der Waals surface area contributed by atoms with E-state index in [1.54, 1.807) is 0 Å². The second-order valence-corrected chi connectivity index (χ2v) is 9.98. The van der Waals surface area contributed by atoms with Crippen molar-refractivity contribution in [1.29, 1.82) is 0 Å². The first-order valence-electron chi connectivity index (χ1n) is 8.02. The number of rotatable bonds is 4.